The van der Waals surface area contributed by atoms with Gasteiger partial charge in [0.25, 0.3) is 5.91 Å². The highest BCUT2D eigenvalue weighted by Gasteiger charge is 2.46. The van der Waals surface area contributed by atoms with E-state index in [-0.39, 0.29) is 17.2 Å². The highest BCUT2D eigenvalue weighted by atomic mass is 16.1. The normalized spacial score (nSPS) is 22.1. The Hall–Kier alpha value is -3.60. The van der Waals surface area contributed by atoms with Crippen molar-refractivity contribution in [1.82, 2.24) is 24.7 Å². The first-order valence-corrected chi connectivity index (χ1v) is 11.0. The number of benzene rings is 1. The van der Waals surface area contributed by atoms with E-state index in [1.165, 1.54) is 0 Å². The molecule has 0 saturated heterocycles. The zero-order valence-corrected chi connectivity index (χ0v) is 18.2. The van der Waals surface area contributed by atoms with Gasteiger partial charge < -0.3 is 9.88 Å². The van der Waals surface area contributed by atoms with Crippen LogP contribution in [0.4, 0.5) is 5.69 Å². The third-order valence-electron chi connectivity index (χ3n) is 6.54. The molecule has 2 aliphatic carbocycles. The summed E-state index contributed by atoms with van der Waals surface area (Å²) in [6, 6.07) is 12.0. The van der Waals surface area contributed by atoms with Crippen molar-refractivity contribution in [2.75, 3.05) is 5.32 Å². The number of carbonyl (C=O) groups excluding carboxylic acids is 1. The minimum absolute atomic E-state index is 0.0336. The molecule has 0 radical (unpaired) electrons. The average Bonchev–Trinajstić information content (AvgIpc) is 3.53. The van der Waals surface area contributed by atoms with Crippen LogP contribution in [0, 0.1) is 24.2 Å². The first-order chi connectivity index (χ1) is 15.5. The molecule has 0 unspecified atom stereocenters. The van der Waals surface area contributed by atoms with Crippen molar-refractivity contribution in [3.05, 3.63) is 65.3 Å². The number of carbonyl (C=O) groups is 1. The lowest BCUT2D eigenvalue weighted by molar-refractivity contribution is 0.102. The Morgan fingerprint density at radius 2 is 2.09 bits per heavy atom. The molecule has 32 heavy (non-hydrogen) atoms. The molecule has 2 saturated carbocycles. The Labute approximate surface area is 186 Å². The number of nitrogens with one attached hydrogen (secondary N) is 1. The van der Waals surface area contributed by atoms with Crippen LogP contribution in [0.3, 0.4) is 0 Å². The smallest absolute Gasteiger partial charge is 0.274 e. The molecule has 0 atom stereocenters. The van der Waals surface area contributed by atoms with Gasteiger partial charge in [0.05, 0.1) is 6.07 Å². The second-order valence-electron chi connectivity index (χ2n) is 9.11. The van der Waals surface area contributed by atoms with E-state index in [0.717, 1.165) is 54.3 Å². The summed E-state index contributed by atoms with van der Waals surface area (Å²) in [4.78, 5) is 21.9. The molecule has 8 nitrogen and oxygen atoms in total. The van der Waals surface area contributed by atoms with Gasteiger partial charge in [-0.3, -0.25) is 4.79 Å². The van der Waals surface area contributed by atoms with Gasteiger partial charge in [0.2, 0.25) is 0 Å². The second-order valence-corrected chi connectivity index (χ2v) is 9.11. The summed E-state index contributed by atoms with van der Waals surface area (Å²) < 4.78 is 1.92. The van der Waals surface area contributed by atoms with Crippen molar-refractivity contribution in [3.63, 3.8) is 0 Å². The molecule has 2 heterocycles. The monoisotopic (exact) mass is 427 g/mol. The Balaban J connectivity index is 1.39. The van der Waals surface area contributed by atoms with E-state index in [2.05, 4.69) is 37.6 Å². The largest absolute Gasteiger partial charge is 0.321 e. The van der Waals surface area contributed by atoms with Gasteiger partial charge in [-0.25, -0.2) is 9.97 Å². The number of rotatable bonds is 6. The zero-order chi connectivity index (χ0) is 22.3. The van der Waals surface area contributed by atoms with E-state index in [4.69, 9.17) is 0 Å². The first kappa shape index (κ1) is 20.3. The van der Waals surface area contributed by atoms with Crippen LogP contribution in [0.2, 0.25) is 0 Å². The predicted octanol–water partition coefficient (Wildman–Crippen LogP) is 3.46. The molecule has 0 bridgehead atoms. The zero-order valence-electron chi connectivity index (χ0n) is 18.2. The number of anilines is 1. The Morgan fingerprint density at radius 3 is 2.78 bits per heavy atom. The van der Waals surface area contributed by atoms with Crippen LogP contribution < -0.4 is 5.32 Å². The molecule has 8 heteroatoms. The number of hydrogen-bond donors (Lipinski definition) is 1. The lowest BCUT2D eigenvalue weighted by atomic mass is 9.57. The van der Waals surface area contributed by atoms with E-state index < -0.39 is 0 Å². The van der Waals surface area contributed by atoms with E-state index in [0.29, 0.717) is 18.0 Å². The third kappa shape index (κ3) is 3.86. The quantitative estimate of drug-likeness (QED) is 0.645. The Kier molecular flexibility index (Phi) is 4.97. The van der Waals surface area contributed by atoms with E-state index in [1.807, 2.05) is 36.7 Å². The van der Waals surface area contributed by atoms with Crippen molar-refractivity contribution in [3.8, 4) is 6.07 Å². The molecule has 162 valence electrons. The highest BCUT2D eigenvalue weighted by molar-refractivity contribution is 6.03. The van der Waals surface area contributed by atoms with Crippen LogP contribution in [0.15, 0.2) is 36.7 Å². The standard InChI is InChI=1S/C24H25N7O/c1-15-8-20(29-22(27-15)17-6-7-17)23(32)28-19-5-3-4-18(9-19)24(10-16(11-24)13-25)12-21-30-26-14-31(21)2/h3-5,8-9,14,16-17H,6-7,10-12H2,1-2H3,(H,28,32)/t16-,24+. The molecule has 0 spiro atoms. The molecule has 2 fully saturated rings. The number of amides is 1. The fourth-order valence-corrected chi connectivity index (χ4v) is 4.58. The van der Waals surface area contributed by atoms with Gasteiger partial charge >= 0.3 is 0 Å². The minimum atomic E-state index is -0.236. The van der Waals surface area contributed by atoms with Gasteiger partial charge in [-0.15, -0.1) is 10.2 Å². The van der Waals surface area contributed by atoms with Crippen molar-refractivity contribution < 1.29 is 4.79 Å². The molecule has 2 aliphatic rings. The van der Waals surface area contributed by atoms with Crippen LogP contribution in [0.1, 0.15) is 65.0 Å². The van der Waals surface area contributed by atoms with Gasteiger partial charge in [0.15, 0.2) is 0 Å². The van der Waals surface area contributed by atoms with Crippen LogP contribution in [-0.2, 0) is 18.9 Å². The van der Waals surface area contributed by atoms with Crippen LogP contribution in [-0.4, -0.2) is 30.6 Å². The summed E-state index contributed by atoms with van der Waals surface area (Å²) in [5.41, 5.74) is 2.83. The van der Waals surface area contributed by atoms with Gasteiger partial charge in [-0.2, -0.15) is 5.26 Å². The van der Waals surface area contributed by atoms with Gasteiger partial charge in [0, 0.05) is 42.1 Å². The molecule has 0 aliphatic heterocycles. The molecule has 3 aromatic rings. The molecule has 1 N–H and O–H groups in total. The number of hydrogen-bond acceptors (Lipinski definition) is 6. The van der Waals surface area contributed by atoms with Crippen LogP contribution >= 0.6 is 0 Å². The number of aromatic nitrogens is 5. The molecule has 1 aromatic carbocycles. The lowest BCUT2D eigenvalue weighted by Crippen LogP contribution is -2.43. The fourth-order valence-electron chi connectivity index (χ4n) is 4.58. The first-order valence-electron chi connectivity index (χ1n) is 11.0. The summed E-state index contributed by atoms with van der Waals surface area (Å²) in [5.74, 6) is 1.84. The average molecular weight is 428 g/mol. The van der Waals surface area contributed by atoms with Crippen molar-refractivity contribution in [2.45, 2.75) is 50.4 Å². The van der Waals surface area contributed by atoms with E-state index >= 15 is 0 Å². The molecule has 2 aromatic heterocycles. The predicted molar refractivity (Wildman–Crippen MR) is 118 cm³/mol. The number of nitrogens with zero attached hydrogens (tertiary/aromatic N) is 6. The molecular weight excluding hydrogens is 402 g/mol. The Bertz CT molecular complexity index is 1220. The number of aryl methyl sites for hydroxylation is 2. The maximum atomic E-state index is 12.9. The van der Waals surface area contributed by atoms with Crippen molar-refractivity contribution in [1.29, 1.82) is 5.26 Å². The number of nitriles is 1. The fraction of sp³-hybridized carbons (Fsp3) is 0.417. The molecule has 5 rings (SSSR count). The van der Waals surface area contributed by atoms with E-state index in [1.54, 1.807) is 12.4 Å². The maximum absolute atomic E-state index is 12.9. The van der Waals surface area contributed by atoms with Crippen molar-refractivity contribution >= 4 is 11.6 Å². The lowest BCUT2D eigenvalue weighted by Gasteiger charge is -2.45. The summed E-state index contributed by atoms with van der Waals surface area (Å²) >= 11 is 0. The van der Waals surface area contributed by atoms with Crippen LogP contribution in [0.5, 0.6) is 0 Å². The summed E-state index contributed by atoms with van der Waals surface area (Å²) in [6.45, 7) is 1.89. The minimum Gasteiger partial charge on any atom is -0.321 e. The highest BCUT2D eigenvalue weighted by Crippen LogP contribution is 2.50. The Morgan fingerprint density at radius 1 is 1.28 bits per heavy atom. The summed E-state index contributed by atoms with van der Waals surface area (Å²) in [7, 11) is 1.93. The van der Waals surface area contributed by atoms with E-state index in [9.17, 15) is 10.1 Å². The topological polar surface area (TPSA) is 109 Å². The van der Waals surface area contributed by atoms with Gasteiger partial charge in [0.1, 0.15) is 23.7 Å². The summed E-state index contributed by atoms with van der Waals surface area (Å²) in [5, 5.41) is 20.6. The summed E-state index contributed by atoms with van der Waals surface area (Å²) in [6.07, 6.45) is 6.11. The van der Waals surface area contributed by atoms with Gasteiger partial charge in [-0.1, -0.05) is 12.1 Å². The molecular formula is C24H25N7O. The third-order valence-corrected chi connectivity index (χ3v) is 6.54. The van der Waals surface area contributed by atoms with Crippen molar-refractivity contribution in [2.24, 2.45) is 13.0 Å². The van der Waals surface area contributed by atoms with Gasteiger partial charge in [-0.05, 0) is 56.4 Å². The van der Waals surface area contributed by atoms with Crippen LogP contribution in [0.25, 0.3) is 0 Å². The molecule has 1 amide bonds. The SMILES string of the molecule is Cc1cc(C(=O)Nc2cccc([C@]3(Cc4nncn4C)C[C@H](C#N)C3)c2)nc(C2CC2)n1. The maximum Gasteiger partial charge on any atom is 0.274 e. The second kappa shape index (κ2) is 7.83.